The lowest BCUT2D eigenvalue weighted by Crippen LogP contribution is -2.27. The molecular weight excluding hydrogens is 230 g/mol. The molecule has 0 saturated carbocycles. The second-order valence-corrected chi connectivity index (χ2v) is 3.62. The van der Waals surface area contributed by atoms with Crippen molar-refractivity contribution in [2.24, 2.45) is 0 Å². The minimum Gasteiger partial charge on any atom is -0.466 e. The normalized spacial score (nSPS) is 11.9. The van der Waals surface area contributed by atoms with Crippen molar-refractivity contribution in [3.63, 3.8) is 0 Å². The van der Waals surface area contributed by atoms with Crippen LogP contribution in [-0.4, -0.2) is 44.0 Å². The average molecular weight is 249 g/mol. The number of carbonyl (C=O) groups is 1. The van der Waals surface area contributed by atoms with E-state index >= 15 is 0 Å². The third-order valence-corrected chi connectivity index (χ3v) is 2.06. The Morgan fingerprint density at radius 2 is 2.12 bits per heavy atom. The van der Waals surface area contributed by atoms with Gasteiger partial charge >= 0.3 is 5.97 Å². The summed E-state index contributed by atoms with van der Waals surface area (Å²) in [5.74, 6) is 0.302. The molecule has 0 heterocycles. The molecule has 0 amide bonds. The van der Waals surface area contributed by atoms with Crippen molar-refractivity contribution in [3.05, 3.63) is 0 Å². The second kappa shape index (κ2) is 9.47. The molecule has 16 heavy (non-hydrogen) atoms. The zero-order valence-corrected chi connectivity index (χ0v) is 10.6. The predicted octanol–water partition coefficient (Wildman–Crippen LogP) is 1.27. The van der Waals surface area contributed by atoms with Gasteiger partial charge in [-0.2, -0.15) is 12.6 Å². The molecule has 1 N–H and O–H groups in total. The standard InChI is InChI=1S/C10H19NO4S/c1-8(10(12)14-6-5-13-2)15-9(11)4-3-7-16/h8,11,16H,3-7H2,1-2H3. The monoisotopic (exact) mass is 249 g/mol. The molecule has 6 heteroatoms. The van der Waals surface area contributed by atoms with E-state index in [0.29, 0.717) is 18.8 Å². The first kappa shape index (κ1) is 15.2. The third-order valence-electron chi connectivity index (χ3n) is 1.74. The van der Waals surface area contributed by atoms with Crippen LogP contribution in [0.15, 0.2) is 0 Å². The zero-order valence-electron chi connectivity index (χ0n) is 9.69. The van der Waals surface area contributed by atoms with Crippen molar-refractivity contribution >= 4 is 24.5 Å². The van der Waals surface area contributed by atoms with Gasteiger partial charge in [0.15, 0.2) is 12.0 Å². The molecule has 0 fully saturated rings. The van der Waals surface area contributed by atoms with E-state index in [1.165, 1.54) is 7.11 Å². The van der Waals surface area contributed by atoms with Crippen molar-refractivity contribution in [2.75, 3.05) is 26.1 Å². The first-order valence-electron chi connectivity index (χ1n) is 5.12. The van der Waals surface area contributed by atoms with Crippen LogP contribution in [0.25, 0.3) is 0 Å². The molecule has 5 nitrogen and oxygen atoms in total. The molecule has 0 aliphatic heterocycles. The van der Waals surface area contributed by atoms with Gasteiger partial charge in [-0.3, -0.25) is 5.41 Å². The highest BCUT2D eigenvalue weighted by atomic mass is 32.1. The van der Waals surface area contributed by atoms with Gasteiger partial charge in [-0.25, -0.2) is 4.79 Å². The van der Waals surface area contributed by atoms with Gasteiger partial charge in [-0.1, -0.05) is 0 Å². The molecule has 0 radical (unpaired) electrons. The number of nitrogens with one attached hydrogen (secondary N) is 1. The summed E-state index contributed by atoms with van der Waals surface area (Å²) in [4.78, 5) is 11.3. The number of hydrogen-bond donors (Lipinski definition) is 2. The molecule has 0 bridgehead atoms. The van der Waals surface area contributed by atoms with E-state index in [1.54, 1.807) is 6.92 Å². The number of thiol groups is 1. The second-order valence-electron chi connectivity index (χ2n) is 3.17. The summed E-state index contributed by atoms with van der Waals surface area (Å²) in [7, 11) is 1.53. The molecule has 1 atom stereocenters. The molecule has 0 aliphatic rings. The van der Waals surface area contributed by atoms with Gasteiger partial charge in [0.1, 0.15) is 6.61 Å². The maximum Gasteiger partial charge on any atom is 0.347 e. The van der Waals surface area contributed by atoms with E-state index in [4.69, 9.17) is 19.6 Å². The fourth-order valence-corrected chi connectivity index (χ4v) is 1.06. The van der Waals surface area contributed by atoms with Crippen molar-refractivity contribution in [1.82, 2.24) is 0 Å². The van der Waals surface area contributed by atoms with Crippen LogP contribution in [0, 0.1) is 5.41 Å². The fraction of sp³-hybridized carbons (Fsp3) is 0.800. The summed E-state index contributed by atoms with van der Waals surface area (Å²) in [6.07, 6.45) is 0.497. The van der Waals surface area contributed by atoms with Crippen molar-refractivity contribution in [1.29, 1.82) is 5.41 Å². The quantitative estimate of drug-likeness (QED) is 0.223. The minimum absolute atomic E-state index is 0.0882. The van der Waals surface area contributed by atoms with Crippen molar-refractivity contribution in [3.8, 4) is 0 Å². The number of esters is 1. The fourth-order valence-electron chi connectivity index (χ4n) is 0.903. The highest BCUT2D eigenvalue weighted by Crippen LogP contribution is 2.01. The first-order valence-corrected chi connectivity index (χ1v) is 5.75. The first-order chi connectivity index (χ1) is 7.61. The Labute approximate surface area is 101 Å². The zero-order chi connectivity index (χ0) is 12.4. The molecule has 0 aromatic heterocycles. The maximum atomic E-state index is 11.3. The third kappa shape index (κ3) is 7.53. The number of ether oxygens (including phenoxy) is 3. The Morgan fingerprint density at radius 3 is 2.69 bits per heavy atom. The van der Waals surface area contributed by atoms with E-state index in [2.05, 4.69) is 12.6 Å². The van der Waals surface area contributed by atoms with Gasteiger partial charge in [-0.05, 0) is 19.1 Å². The van der Waals surface area contributed by atoms with Crippen LogP contribution in [0.1, 0.15) is 19.8 Å². The van der Waals surface area contributed by atoms with Crippen LogP contribution < -0.4 is 0 Å². The maximum absolute atomic E-state index is 11.3. The van der Waals surface area contributed by atoms with Gasteiger partial charge in [-0.15, -0.1) is 0 Å². The molecule has 0 spiro atoms. The molecule has 1 unspecified atom stereocenters. The molecule has 0 aromatic rings. The van der Waals surface area contributed by atoms with E-state index in [9.17, 15) is 4.79 Å². The summed E-state index contributed by atoms with van der Waals surface area (Å²) in [6, 6.07) is 0. The van der Waals surface area contributed by atoms with E-state index < -0.39 is 12.1 Å². The number of hydrogen-bond acceptors (Lipinski definition) is 6. The SMILES string of the molecule is COCCOC(=O)C(C)OC(=N)CCCS. The summed E-state index contributed by atoms with van der Waals surface area (Å²) in [5.41, 5.74) is 0. The summed E-state index contributed by atoms with van der Waals surface area (Å²) in [5, 5.41) is 7.44. The van der Waals surface area contributed by atoms with Gasteiger partial charge in [0.2, 0.25) is 0 Å². The number of carbonyl (C=O) groups excluding carboxylic acids is 1. The Bertz CT molecular complexity index is 223. The number of rotatable bonds is 8. The van der Waals surface area contributed by atoms with Crippen LogP contribution in [0.2, 0.25) is 0 Å². The Morgan fingerprint density at radius 1 is 1.44 bits per heavy atom. The molecule has 0 rings (SSSR count). The summed E-state index contributed by atoms with van der Waals surface area (Å²) >= 11 is 4.03. The minimum atomic E-state index is -0.746. The predicted molar refractivity (Wildman–Crippen MR) is 64.2 cm³/mol. The molecule has 94 valence electrons. The van der Waals surface area contributed by atoms with Crippen LogP contribution in [0.4, 0.5) is 0 Å². The molecule has 0 aliphatic carbocycles. The van der Waals surface area contributed by atoms with Gasteiger partial charge in [0.25, 0.3) is 0 Å². The molecular formula is C10H19NO4S. The average Bonchev–Trinajstić information content (AvgIpc) is 2.26. The van der Waals surface area contributed by atoms with Crippen LogP contribution in [0.5, 0.6) is 0 Å². The van der Waals surface area contributed by atoms with Gasteiger partial charge < -0.3 is 14.2 Å². The van der Waals surface area contributed by atoms with E-state index in [-0.39, 0.29) is 12.5 Å². The van der Waals surface area contributed by atoms with E-state index in [0.717, 1.165) is 6.42 Å². The lowest BCUT2D eigenvalue weighted by atomic mass is 10.3. The largest absolute Gasteiger partial charge is 0.466 e. The van der Waals surface area contributed by atoms with Gasteiger partial charge in [0.05, 0.1) is 6.61 Å². The van der Waals surface area contributed by atoms with Gasteiger partial charge in [0, 0.05) is 13.5 Å². The van der Waals surface area contributed by atoms with E-state index in [1.807, 2.05) is 0 Å². The van der Waals surface area contributed by atoms with Crippen molar-refractivity contribution in [2.45, 2.75) is 25.9 Å². The Hall–Kier alpha value is -0.750. The lowest BCUT2D eigenvalue weighted by Gasteiger charge is -2.14. The lowest BCUT2D eigenvalue weighted by molar-refractivity contribution is -0.153. The molecule has 0 aromatic carbocycles. The highest BCUT2D eigenvalue weighted by Gasteiger charge is 2.17. The van der Waals surface area contributed by atoms with Crippen molar-refractivity contribution < 1.29 is 19.0 Å². The summed E-state index contributed by atoms with van der Waals surface area (Å²) < 4.78 is 14.7. The highest BCUT2D eigenvalue weighted by molar-refractivity contribution is 7.80. The molecule has 0 saturated heterocycles. The Kier molecular flexibility index (Phi) is 9.03. The van der Waals surface area contributed by atoms with Crippen LogP contribution in [0.3, 0.4) is 0 Å². The smallest absolute Gasteiger partial charge is 0.347 e. The van der Waals surface area contributed by atoms with Crippen LogP contribution >= 0.6 is 12.6 Å². The Balaban J connectivity index is 3.73. The number of methoxy groups -OCH3 is 1. The topological polar surface area (TPSA) is 68.6 Å². The van der Waals surface area contributed by atoms with Crippen LogP contribution in [-0.2, 0) is 19.0 Å². The summed E-state index contributed by atoms with van der Waals surface area (Å²) in [6.45, 7) is 2.12.